The molecule has 3 atom stereocenters. The lowest BCUT2D eigenvalue weighted by atomic mass is 9.97. The normalized spacial score (nSPS) is 20.0. The van der Waals surface area contributed by atoms with Crippen LogP contribution < -0.4 is 10.1 Å². The highest BCUT2D eigenvalue weighted by Crippen LogP contribution is 2.41. The molecule has 286 valence electrons. The van der Waals surface area contributed by atoms with Crippen LogP contribution in [0.3, 0.4) is 0 Å². The minimum Gasteiger partial charge on any atom is -0.490 e. The number of carbonyl (C=O) groups is 2. The van der Waals surface area contributed by atoms with Crippen molar-refractivity contribution in [1.29, 1.82) is 0 Å². The molecule has 0 spiro atoms. The van der Waals surface area contributed by atoms with Crippen molar-refractivity contribution in [3.63, 3.8) is 0 Å². The zero-order valence-electron chi connectivity index (χ0n) is 28.6. The third-order valence-corrected chi connectivity index (χ3v) is 12.1. The Morgan fingerprint density at radius 3 is 2.00 bits per heavy atom. The molecule has 2 aliphatic heterocycles. The highest BCUT2D eigenvalue weighted by molar-refractivity contribution is 7.89. The molecule has 4 aromatic rings. The standard InChI is InChI=1S/C38H35ClF5N3O6S/c39-30-13-7-24(8-14-30)23-5-11-29(12-6-23)37(40,41)34(35(48)46-21-27-19-45-20-28(27)22-46)47(53-36(49)38(42,43)44)54(50,51)33-16-10-25-17-32(15-9-26(25)18-33)52-31-3-1-2-4-31/h5-18,27-28,31,34,45H,1-4,19-22H2/t27-,28+,34-/m1/s1. The van der Waals surface area contributed by atoms with Crippen LogP contribution in [0.2, 0.25) is 5.02 Å². The number of ether oxygens (including phenoxy) is 1. The predicted octanol–water partition coefficient (Wildman–Crippen LogP) is 7.33. The highest BCUT2D eigenvalue weighted by Gasteiger charge is 2.59. The summed E-state index contributed by atoms with van der Waals surface area (Å²) in [5, 5.41) is 4.32. The molecule has 1 saturated carbocycles. The van der Waals surface area contributed by atoms with Gasteiger partial charge in [-0.1, -0.05) is 60.1 Å². The number of alkyl halides is 5. The summed E-state index contributed by atoms with van der Waals surface area (Å²) in [7, 11) is -5.61. The molecule has 2 heterocycles. The number of rotatable bonds is 10. The molecule has 4 aromatic carbocycles. The number of hydroxylamine groups is 1. The second-order valence-electron chi connectivity index (χ2n) is 13.9. The molecule has 0 aromatic heterocycles. The number of sulfonamides is 1. The van der Waals surface area contributed by atoms with Gasteiger partial charge in [-0.3, -0.25) is 4.79 Å². The summed E-state index contributed by atoms with van der Waals surface area (Å²) in [6, 6.07) is 15.7. The van der Waals surface area contributed by atoms with Gasteiger partial charge in [0, 0.05) is 36.8 Å². The summed E-state index contributed by atoms with van der Waals surface area (Å²) in [6.45, 7) is 0.774. The smallest absolute Gasteiger partial charge is 0.490 e. The van der Waals surface area contributed by atoms with Gasteiger partial charge >= 0.3 is 18.1 Å². The van der Waals surface area contributed by atoms with Crippen LogP contribution in [0.4, 0.5) is 22.0 Å². The largest absolute Gasteiger partial charge is 0.492 e. The van der Waals surface area contributed by atoms with Crippen molar-refractivity contribution < 1.29 is 49.5 Å². The SMILES string of the molecule is O=C([C@@H](N(OC(=O)C(F)(F)F)S(=O)(=O)c1ccc2cc(OC3CCCC3)ccc2c1)C(F)(F)c1ccc(-c2ccc(Cl)cc2)cc1)N1C[C@H]2CNC[C@H]2C1. The molecule has 0 unspecified atom stereocenters. The number of halogens is 6. The first-order valence-corrected chi connectivity index (χ1v) is 19.2. The van der Waals surface area contributed by atoms with Crippen molar-refractivity contribution in [3.8, 4) is 16.9 Å². The molecule has 1 N–H and O–H groups in total. The Hall–Kier alpha value is -4.31. The maximum Gasteiger partial charge on any atom is 0.492 e. The van der Waals surface area contributed by atoms with Gasteiger partial charge in [0.2, 0.25) is 6.04 Å². The number of benzene rings is 4. The topological polar surface area (TPSA) is 105 Å². The lowest BCUT2D eigenvalue weighted by Crippen LogP contribution is -2.59. The second kappa shape index (κ2) is 14.7. The molecule has 1 amide bonds. The van der Waals surface area contributed by atoms with E-state index < -0.39 is 55.0 Å². The number of hydrogen-bond donors (Lipinski definition) is 1. The van der Waals surface area contributed by atoms with Gasteiger partial charge in [-0.25, -0.2) is 13.2 Å². The fourth-order valence-electron chi connectivity index (χ4n) is 7.38. The lowest BCUT2D eigenvalue weighted by Gasteiger charge is -2.35. The van der Waals surface area contributed by atoms with Crippen LogP contribution in [0.1, 0.15) is 31.2 Å². The Bertz CT molecular complexity index is 2140. The summed E-state index contributed by atoms with van der Waals surface area (Å²) in [6.07, 6.45) is -1.96. The van der Waals surface area contributed by atoms with Crippen molar-refractivity contribution >= 4 is 44.3 Å². The van der Waals surface area contributed by atoms with Gasteiger partial charge in [0.25, 0.3) is 15.9 Å². The highest BCUT2D eigenvalue weighted by atomic mass is 35.5. The molecule has 54 heavy (non-hydrogen) atoms. The van der Waals surface area contributed by atoms with Gasteiger partial charge in [0.1, 0.15) is 5.75 Å². The molecule has 0 radical (unpaired) electrons. The number of nitrogens with one attached hydrogen (secondary N) is 1. The Morgan fingerprint density at radius 1 is 0.815 bits per heavy atom. The van der Waals surface area contributed by atoms with Gasteiger partial charge in [-0.15, -0.1) is 0 Å². The fourth-order valence-corrected chi connectivity index (χ4v) is 8.90. The van der Waals surface area contributed by atoms with Gasteiger partial charge in [0.05, 0.1) is 11.0 Å². The van der Waals surface area contributed by atoms with Crippen LogP contribution in [0.15, 0.2) is 89.8 Å². The summed E-state index contributed by atoms with van der Waals surface area (Å²) in [4.78, 5) is 31.3. The summed E-state index contributed by atoms with van der Waals surface area (Å²) in [5.74, 6) is -8.96. The summed E-state index contributed by atoms with van der Waals surface area (Å²) in [5.41, 5.74) is 0.141. The van der Waals surface area contributed by atoms with Crippen LogP contribution in [0, 0.1) is 11.8 Å². The Labute approximate surface area is 313 Å². The zero-order chi connectivity index (χ0) is 38.4. The molecule has 9 nitrogen and oxygen atoms in total. The van der Waals surface area contributed by atoms with E-state index in [0.29, 0.717) is 40.4 Å². The molecule has 16 heteroatoms. The van der Waals surface area contributed by atoms with Gasteiger partial charge in [-0.05, 0) is 100 Å². The molecule has 0 bridgehead atoms. The molecule has 7 rings (SSSR count). The maximum atomic E-state index is 17.0. The third-order valence-electron chi connectivity index (χ3n) is 10.3. The molecule has 3 aliphatic rings. The van der Waals surface area contributed by atoms with Crippen molar-refractivity contribution in [3.05, 3.63) is 95.5 Å². The summed E-state index contributed by atoms with van der Waals surface area (Å²) >= 11 is 5.97. The van der Waals surface area contributed by atoms with E-state index >= 15 is 8.78 Å². The number of hydrogen-bond acceptors (Lipinski definition) is 7. The maximum absolute atomic E-state index is 17.0. The van der Waals surface area contributed by atoms with Crippen molar-refractivity contribution in [1.82, 2.24) is 14.7 Å². The van der Waals surface area contributed by atoms with E-state index in [1.54, 1.807) is 36.4 Å². The zero-order valence-corrected chi connectivity index (χ0v) is 30.1. The van der Waals surface area contributed by atoms with E-state index in [-0.39, 0.29) is 36.4 Å². The predicted molar refractivity (Wildman–Crippen MR) is 189 cm³/mol. The minimum absolute atomic E-state index is 0.0233. The molecule has 3 fully saturated rings. The van der Waals surface area contributed by atoms with Crippen LogP contribution in [0.25, 0.3) is 21.9 Å². The van der Waals surface area contributed by atoms with Crippen molar-refractivity contribution in [2.75, 3.05) is 26.2 Å². The van der Waals surface area contributed by atoms with Crippen molar-refractivity contribution in [2.45, 2.75) is 54.8 Å². The van der Waals surface area contributed by atoms with Crippen LogP contribution in [-0.4, -0.2) is 74.2 Å². The van der Waals surface area contributed by atoms with Crippen molar-refractivity contribution in [2.24, 2.45) is 11.8 Å². The van der Waals surface area contributed by atoms with E-state index in [0.717, 1.165) is 54.8 Å². The molecule has 1 aliphatic carbocycles. The quantitative estimate of drug-likeness (QED) is 0.133. The van der Waals surface area contributed by atoms with E-state index in [4.69, 9.17) is 16.3 Å². The van der Waals surface area contributed by atoms with Gasteiger partial charge in [-0.2, -0.15) is 22.0 Å². The lowest BCUT2D eigenvalue weighted by molar-refractivity contribution is -0.239. The summed E-state index contributed by atoms with van der Waals surface area (Å²) < 4.78 is 109. The fraction of sp³-hybridized carbons (Fsp3) is 0.368. The Morgan fingerprint density at radius 2 is 1.39 bits per heavy atom. The first kappa shape index (κ1) is 38.0. The molecular weight excluding hydrogens is 757 g/mol. The van der Waals surface area contributed by atoms with E-state index in [1.807, 2.05) is 0 Å². The van der Waals surface area contributed by atoms with Crippen LogP contribution >= 0.6 is 11.6 Å². The number of carbonyl (C=O) groups excluding carboxylic acids is 2. The van der Waals surface area contributed by atoms with Gasteiger partial charge in [0.15, 0.2) is 0 Å². The minimum atomic E-state index is -5.81. The molecular formula is C38H35ClF5N3O6S. The van der Waals surface area contributed by atoms with E-state index in [9.17, 15) is 31.2 Å². The monoisotopic (exact) mass is 791 g/mol. The number of nitrogens with zero attached hydrogens (tertiary/aromatic N) is 2. The first-order chi connectivity index (χ1) is 25.6. The Kier molecular flexibility index (Phi) is 10.4. The van der Waals surface area contributed by atoms with Crippen LogP contribution in [0.5, 0.6) is 5.75 Å². The number of amides is 1. The van der Waals surface area contributed by atoms with Gasteiger partial charge < -0.3 is 19.8 Å². The van der Waals surface area contributed by atoms with Crippen LogP contribution in [-0.2, 0) is 30.4 Å². The molecule has 2 saturated heterocycles. The van der Waals surface area contributed by atoms with E-state index in [1.165, 1.54) is 24.3 Å². The number of likely N-dealkylation sites (tertiary alicyclic amines) is 1. The van der Waals surface area contributed by atoms with E-state index in [2.05, 4.69) is 10.2 Å². The average Bonchev–Trinajstić information content (AvgIpc) is 3.90. The number of fused-ring (bicyclic) bond motifs is 2. The third kappa shape index (κ3) is 7.63. The second-order valence-corrected chi connectivity index (χ2v) is 16.1. The first-order valence-electron chi connectivity index (χ1n) is 17.4. The Balaban J connectivity index is 1.30. The average molecular weight is 792 g/mol.